The Labute approximate surface area is 180 Å². The van der Waals surface area contributed by atoms with Crippen molar-refractivity contribution in [2.75, 3.05) is 4.90 Å². The number of amides is 1. The Morgan fingerprint density at radius 3 is 2.48 bits per heavy atom. The first-order chi connectivity index (χ1) is 13.9. The number of ketones is 1. The Balaban J connectivity index is 1.97. The van der Waals surface area contributed by atoms with Crippen LogP contribution in [0.15, 0.2) is 53.5 Å². The average Bonchev–Trinajstić information content (AvgIpc) is 3.29. The molecule has 1 N–H and O–H groups in total. The summed E-state index contributed by atoms with van der Waals surface area (Å²) in [6.45, 7) is 1.91. The molecule has 29 heavy (non-hydrogen) atoms. The van der Waals surface area contributed by atoms with Crippen molar-refractivity contribution in [3.05, 3.63) is 80.3 Å². The maximum atomic E-state index is 12.9. The summed E-state index contributed by atoms with van der Waals surface area (Å²) in [6.07, 6.45) is 0. The SMILES string of the molecule is Cc1ccc(/C(O)=C2\C(=O)C(=O)N(c3nncs3)C2c2ccc(Cl)cc2Cl)cc1. The molecule has 6 nitrogen and oxygen atoms in total. The lowest BCUT2D eigenvalue weighted by molar-refractivity contribution is -0.132. The van der Waals surface area contributed by atoms with Crippen LogP contribution in [-0.4, -0.2) is 27.0 Å². The van der Waals surface area contributed by atoms with Crippen molar-refractivity contribution in [3.8, 4) is 0 Å². The molecule has 0 saturated carbocycles. The van der Waals surface area contributed by atoms with Gasteiger partial charge < -0.3 is 5.11 Å². The first-order valence-electron chi connectivity index (χ1n) is 8.47. The summed E-state index contributed by atoms with van der Waals surface area (Å²) in [6, 6.07) is 10.8. The Hall–Kier alpha value is -2.74. The van der Waals surface area contributed by atoms with Crippen molar-refractivity contribution < 1.29 is 14.7 Å². The van der Waals surface area contributed by atoms with E-state index in [0.29, 0.717) is 16.1 Å². The summed E-state index contributed by atoms with van der Waals surface area (Å²) in [5, 5.41) is 19.6. The van der Waals surface area contributed by atoms with Gasteiger partial charge >= 0.3 is 5.91 Å². The number of hydrogen-bond acceptors (Lipinski definition) is 6. The zero-order valence-electron chi connectivity index (χ0n) is 15.0. The Kier molecular flexibility index (Phi) is 5.12. The topological polar surface area (TPSA) is 83.4 Å². The van der Waals surface area contributed by atoms with Crippen molar-refractivity contribution >= 4 is 57.1 Å². The molecule has 1 aliphatic rings. The van der Waals surface area contributed by atoms with Crippen LogP contribution in [0.1, 0.15) is 22.7 Å². The van der Waals surface area contributed by atoms with Crippen LogP contribution in [0.4, 0.5) is 5.13 Å². The maximum absolute atomic E-state index is 12.9. The minimum absolute atomic E-state index is 0.0710. The van der Waals surface area contributed by atoms with Crippen LogP contribution >= 0.6 is 34.5 Å². The molecule has 9 heteroatoms. The molecular formula is C20H13Cl2N3O3S. The molecule has 2 aromatic carbocycles. The minimum Gasteiger partial charge on any atom is -0.507 e. The van der Waals surface area contributed by atoms with Gasteiger partial charge in [0.15, 0.2) is 0 Å². The van der Waals surface area contributed by atoms with Gasteiger partial charge in [-0.2, -0.15) is 0 Å². The highest BCUT2D eigenvalue weighted by atomic mass is 35.5. The molecule has 2 heterocycles. The molecule has 146 valence electrons. The standard InChI is InChI=1S/C20H13Cl2N3O3S/c1-10-2-4-11(5-3-10)17(26)15-16(13-7-6-12(21)8-14(13)22)25(19(28)18(15)27)20-24-23-9-29-20/h2-9,16,26H,1H3/b17-15+. The number of Topliss-reactive ketones (excluding diaryl/α,β-unsaturated/α-hetero) is 1. The molecule has 4 rings (SSSR count). The van der Waals surface area contributed by atoms with Crippen LogP contribution in [0.5, 0.6) is 0 Å². The fourth-order valence-corrected chi connectivity index (χ4v) is 4.28. The molecule has 0 aliphatic carbocycles. The number of anilines is 1. The summed E-state index contributed by atoms with van der Waals surface area (Å²) < 4.78 is 0. The number of carbonyl (C=O) groups is 2. The first-order valence-corrected chi connectivity index (χ1v) is 10.1. The quantitative estimate of drug-likeness (QED) is 0.356. The van der Waals surface area contributed by atoms with E-state index in [2.05, 4.69) is 10.2 Å². The third-order valence-electron chi connectivity index (χ3n) is 4.58. The second-order valence-corrected chi connectivity index (χ2v) is 8.08. The number of rotatable bonds is 3. The van der Waals surface area contributed by atoms with Gasteiger partial charge in [0.25, 0.3) is 5.78 Å². The molecule has 0 radical (unpaired) electrons. The predicted molar refractivity (Wildman–Crippen MR) is 112 cm³/mol. The largest absolute Gasteiger partial charge is 0.507 e. The number of aliphatic hydroxyl groups is 1. The maximum Gasteiger partial charge on any atom is 0.301 e. The average molecular weight is 446 g/mol. The normalized spacial score (nSPS) is 18.4. The van der Waals surface area contributed by atoms with E-state index in [4.69, 9.17) is 23.2 Å². The molecule has 1 amide bonds. The Morgan fingerprint density at radius 2 is 1.86 bits per heavy atom. The number of aryl methyl sites for hydroxylation is 1. The molecular weight excluding hydrogens is 433 g/mol. The Bertz CT molecular complexity index is 1140. The molecule has 1 atom stereocenters. The van der Waals surface area contributed by atoms with E-state index in [1.54, 1.807) is 36.4 Å². The highest BCUT2D eigenvalue weighted by Gasteiger charge is 2.48. The molecule has 1 unspecified atom stereocenters. The number of aliphatic hydroxyl groups excluding tert-OH is 1. The summed E-state index contributed by atoms with van der Waals surface area (Å²) in [4.78, 5) is 27.0. The van der Waals surface area contributed by atoms with Crippen molar-refractivity contribution in [1.82, 2.24) is 10.2 Å². The van der Waals surface area contributed by atoms with Crippen LogP contribution in [0, 0.1) is 6.92 Å². The highest BCUT2D eigenvalue weighted by molar-refractivity contribution is 7.13. The van der Waals surface area contributed by atoms with E-state index in [9.17, 15) is 14.7 Å². The summed E-state index contributed by atoms with van der Waals surface area (Å²) in [7, 11) is 0. The number of halogens is 2. The smallest absolute Gasteiger partial charge is 0.301 e. The lowest BCUT2D eigenvalue weighted by atomic mass is 9.95. The van der Waals surface area contributed by atoms with Crippen LogP contribution in [0.25, 0.3) is 5.76 Å². The molecule has 3 aromatic rings. The zero-order chi connectivity index (χ0) is 20.7. The van der Waals surface area contributed by atoms with Gasteiger partial charge in [0, 0.05) is 15.6 Å². The van der Waals surface area contributed by atoms with E-state index >= 15 is 0 Å². The van der Waals surface area contributed by atoms with E-state index in [1.165, 1.54) is 16.5 Å². The predicted octanol–water partition coefficient (Wildman–Crippen LogP) is 4.78. The Morgan fingerprint density at radius 1 is 1.14 bits per heavy atom. The van der Waals surface area contributed by atoms with Gasteiger partial charge in [0.2, 0.25) is 5.13 Å². The summed E-state index contributed by atoms with van der Waals surface area (Å²) in [5.41, 5.74) is 3.24. The summed E-state index contributed by atoms with van der Waals surface area (Å²) >= 11 is 13.5. The van der Waals surface area contributed by atoms with Crippen molar-refractivity contribution in [3.63, 3.8) is 0 Å². The van der Waals surface area contributed by atoms with Gasteiger partial charge in [0.1, 0.15) is 11.3 Å². The molecule has 0 bridgehead atoms. The zero-order valence-corrected chi connectivity index (χ0v) is 17.3. The number of benzene rings is 2. The fourth-order valence-electron chi connectivity index (χ4n) is 3.19. The van der Waals surface area contributed by atoms with E-state index < -0.39 is 17.7 Å². The molecule has 1 saturated heterocycles. The lowest BCUT2D eigenvalue weighted by Crippen LogP contribution is -2.29. The highest BCUT2D eigenvalue weighted by Crippen LogP contribution is 2.44. The molecule has 0 spiro atoms. The third-order valence-corrected chi connectivity index (χ3v) is 5.83. The van der Waals surface area contributed by atoms with Crippen LogP contribution in [-0.2, 0) is 9.59 Å². The van der Waals surface area contributed by atoms with Gasteiger partial charge in [-0.15, -0.1) is 10.2 Å². The monoisotopic (exact) mass is 445 g/mol. The summed E-state index contributed by atoms with van der Waals surface area (Å²) in [5.74, 6) is -1.92. The third kappa shape index (κ3) is 3.42. The van der Waals surface area contributed by atoms with Crippen LogP contribution < -0.4 is 4.90 Å². The van der Waals surface area contributed by atoms with Crippen molar-refractivity contribution in [2.45, 2.75) is 13.0 Å². The second kappa shape index (κ2) is 7.59. The van der Waals surface area contributed by atoms with E-state index in [1.807, 2.05) is 6.92 Å². The fraction of sp³-hybridized carbons (Fsp3) is 0.100. The number of carbonyl (C=O) groups excluding carboxylic acids is 2. The van der Waals surface area contributed by atoms with E-state index in [0.717, 1.165) is 16.9 Å². The van der Waals surface area contributed by atoms with Crippen LogP contribution in [0.3, 0.4) is 0 Å². The van der Waals surface area contributed by atoms with Crippen molar-refractivity contribution in [2.24, 2.45) is 0 Å². The van der Waals surface area contributed by atoms with E-state index in [-0.39, 0.29) is 21.5 Å². The molecule has 1 aliphatic heterocycles. The van der Waals surface area contributed by atoms with Gasteiger partial charge in [-0.25, -0.2) is 0 Å². The van der Waals surface area contributed by atoms with Gasteiger partial charge in [0.05, 0.1) is 11.6 Å². The molecule has 1 fully saturated rings. The first kappa shape index (κ1) is 19.6. The lowest BCUT2D eigenvalue weighted by Gasteiger charge is -2.23. The van der Waals surface area contributed by atoms with Gasteiger partial charge in [-0.3, -0.25) is 14.5 Å². The number of nitrogens with zero attached hydrogens (tertiary/aromatic N) is 3. The minimum atomic E-state index is -0.964. The number of hydrogen-bond donors (Lipinski definition) is 1. The second-order valence-electron chi connectivity index (χ2n) is 6.42. The van der Waals surface area contributed by atoms with Crippen LogP contribution in [0.2, 0.25) is 10.0 Å². The van der Waals surface area contributed by atoms with Gasteiger partial charge in [-0.05, 0) is 24.6 Å². The van der Waals surface area contributed by atoms with Crippen molar-refractivity contribution in [1.29, 1.82) is 0 Å². The number of aromatic nitrogens is 2. The van der Waals surface area contributed by atoms with Gasteiger partial charge in [-0.1, -0.05) is 70.4 Å². The molecule has 1 aromatic heterocycles.